The number of esters is 1. The van der Waals surface area contributed by atoms with Gasteiger partial charge in [0.1, 0.15) is 18.1 Å². The molecule has 2 aromatic rings. The van der Waals surface area contributed by atoms with Crippen LogP contribution in [0.4, 0.5) is 5.69 Å². The van der Waals surface area contributed by atoms with Crippen molar-refractivity contribution >= 4 is 27.6 Å². The van der Waals surface area contributed by atoms with E-state index in [1.54, 1.807) is 30.3 Å². The van der Waals surface area contributed by atoms with Crippen LogP contribution in [0.3, 0.4) is 0 Å². The van der Waals surface area contributed by atoms with Gasteiger partial charge in [0.25, 0.3) is 0 Å². The molecule has 0 saturated carbocycles. The van der Waals surface area contributed by atoms with Gasteiger partial charge < -0.3 is 9.47 Å². The first kappa shape index (κ1) is 15.1. The van der Waals surface area contributed by atoms with Crippen molar-refractivity contribution in [2.24, 2.45) is 0 Å². The van der Waals surface area contributed by atoms with Crippen molar-refractivity contribution in [3.8, 4) is 11.5 Å². The lowest BCUT2D eigenvalue weighted by Crippen LogP contribution is -1.99. The van der Waals surface area contributed by atoms with E-state index in [1.165, 1.54) is 6.92 Å². The fourth-order valence-electron chi connectivity index (χ4n) is 1.63. The molecule has 0 unspecified atom stereocenters. The number of rotatable bonds is 4. The van der Waals surface area contributed by atoms with Crippen LogP contribution in [0.25, 0.3) is 4.85 Å². The number of benzene rings is 2. The second-order valence-corrected chi connectivity index (χ2v) is 5.10. The summed E-state index contributed by atoms with van der Waals surface area (Å²) in [6.45, 7) is 8.46. The molecule has 0 spiro atoms. The summed E-state index contributed by atoms with van der Waals surface area (Å²) in [7, 11) is 0. The highest BCUT2D eigenvalue weighted by atomic mass is 79.9. The zero-order chi connectivity index (χ0) is 15.2. The van der Waals surface area contributed by atoms with Crippen molar-refractivity contribution in [3.63, 3.8) is 0 Å². The molecular weight excluding hydrogens is 334 g/mol. The van der Waals surface area contributed by atoms with Gasteiger partial charge in [-0.1, -0.05) is 28.1 Å². The molecule has 106 valence electrons. The summed E-state index contributed by atoms with van der Waals surface area (Å²) in [5.74, 6) is 0.946. The minimum absolute atomic E-state index is 0.184. The average Bonchev–Trinajstić information content (AvgIpc) is 2.48. The largest absolute Gasteiger partial charge is 0.461 e. The van der Waals surface area contributed by atoms with E-state index in [2.05, 4.69) is 20.8 Å². The molecule has 0 fully saturated rings. The highest BCUT2D eigenvalue weighted by molar-refractivity contribution is 9.10. The van der Waals surface area contributed by atoms with Gasteiger partial charge in [-0.25, -0.2) is 4.85 Å². The monoisotopic (exact) mass is 345 g/mol. The lowest BCUT2D eigenvalue weighted by Gasteiger charge is -2.09. The van der Waals surface area contributed by atoms with Gasteiger partial charge in [0, 0.05) is 17.0 Å². The Morgan fingerprint density at radius 3 is 2.48 bits per heavy atom. The van der Waals surface area contributed by atoms with Crippen LogP contribution in [0, 0.1) is 6.57 Å². The van der Waals surface area contributed by atoms with Crippen LogP contribution in [0.15, 0.2) is 46.9 Å². The van der Waals surface area contributed by atoms with E-state index >= 15 is 0 Å². The predicted molar refractivity (Wildman–Crippen MR) is 82.4 cm³/mol. The summed E-state index contributed by atoms with van der Waals surface area (Å²) in [5.41, 5.74) is 1.38. The Morgan fingerprint density at radius 1 is 1.19 bits per heavy atom. The minimum atomic E-state index is -0.331. The Labute approximate surface area is 131 Å². The van der Waals surface area contributed by atoms with Crippen LogP contribution in [-0.2, 0) is 16.1 Å². The van der Waals surface area contributed by atoms with Gasteiger partial charge in [-0.05, 0) is 30.3 Å². The van der Waals surface area contributed by atoms with E-state index in [9.17, 15) is 4.79 Å². The molecule has 0 amide bonds. The number of halogens is 1. The van der Waals surface area contributed by atoms with Crippen molar-refractivity contribution < 1.29 is 14.3 Å². The lowest BCUT2D eigenvalue weighted by molar-refractivity contribution is -0.142. The maximum absolute atomic E-state index is 10.9. The van der Waals surface area contributed by atoms with Gasteiger partial charge in [-0.15, -0.1) is 0 Å². The number of nitrogens with zero attached hydrogens (tertiary/aromatic N) is 1. The highest BCUT2D eigenvalue weighted by Gasteiger charge is 2.06. The van der Waals surface area contributed by atoms with Crippen LogP contribution in [0.5, 0.6) is 11.5 Å². The van der Waals surface area contributed by atoms with Crippen LogP contribution in [-0.4, -0.2) is 5.97 Å². The van der Waals surface area contributed by atoms with Gasteiger partial charge in [-0.3, -0.25) is 4.79 Å². The molecule has 0 aliphatic heterocycles. The Kier molecular flexibility index (Phi) is 4.96. The molecule has 0 aromatic heterocycles. The first-order chi connectivity index (χ1) is 10.1. The number of hydrogen-bond donors (Lipinski definition) is 0. The summed E-state index contributed by atoms with van der Waals surface area (Å²) in [4.78, 5) is 14.2. The average molecular weight is 346 g/mol. The lowest BCUT2D eigenvalue weighted by atomic mass is 10.2. The van der Waals surface area contributed by atoms with Crippen molar-refractivity contribution in [2.45, 2.75) is 13.5 Å². The first-order valence-corrected chi connectivity index (χ1v) is 6.95. The summed E-state index contributed by atoms with van der Waals surface area (Å²) < 4.78 is 11.5. The summed E-state index contributed by atoms with van der Waals surface area (Å²) in [6, 6.07) is 12.3. The van der Waals surface area contributed by atoms with Crippen molar-refractivity contribution in [1.82, 2.24) is 0 Å². The number of carbonyl (C=O) groups excluding carboxylic acids is 1. The smallest absolute Gasteiger partial charge is 0.302 e. The van der Waals surface area contributed by atoms with E-state index in [1.807, 2.05) is 12.1 Å². The van der Waals surface area contributed by atoms with Gasteiger partial charge >= 0.3 is 5.97 Å². The number of ether oxygens (including phenoxy) is 2. The third-order valence-corrected chi connectivity index (χ3v) is 3.42. The van der Waals surface area contributed by atoms with Gasteiger partial charge in [0.05, 0.1) is 6.57 Å². The molecule has 0 saturated heterocycles. The SMILES string of the molecule is [C-]#[N+]c1ccc(Oc2ccc(Br)c(COC(C)=O)c2)cc1. The van der Waals surface area contributed by atoms with E-state index in [0.717, 1.165) is 10.0 Å². The Bertz CT molecular complexity index is 690. The third kappa shape index (κ3) is 4.33. The zero-order valence-electron chi connectivity index (χ0n) is 11.3. The topological polar surface area (TPSA) is 39.9 Å². The highest BCUT2D eigenvalue weighted by Crippen LogP contribution is 2.28. The summed E-state index contributed by atoms with van der Waals surface area (Å²) in [6.07, 6.45) is 0. The molecule has 0 N–H and O–H groups in total. The second kappa shape index (κ2) is 6.91. The van der Waals surface area contributed by atoms with E-state index in [0.29, 0.717) is 17.2 Å². The molecule has 0 aliphatic rings. The fourth-order valence-corrected chi connectivity index (χ4v) is 1.99. The Morgan fingerprint density at radius 2 is 1.86 bits per heavy atom. The maximum atomic E-state index is 10.9. The molecule has 2 aromatic carbocycles. The van der Waals surface area contributed by atoms with Crippen molar-refractivity contribution in [3.05, 3.63) is 63.9 Å². The van der Waals surface area contributed by atoms with E-state index in [4.69, 9.17) is 16.0 Å². The van der Waals surface area contributed by atoms with Crippen LogP contribution in [0.1, 0.15) is 12.5 Å². The molecule has 0 bridgehead atoms. The molecule has 2 rings (SSSR count). The molecule has 0 heterocycles. The fraction of sp³-hybridized carbons (Fsp3) is 0.125. The zero-order valence-corrected chi connectivity index (χ0v) is 12.9. The molecule has 4 nitrogen and oxygen atoms in total. The van der Waals surface area contributed by atoms with Gasteiger partial charge in [-0.2, -0.15) is 0 Å². The molecule has 0 atom stereocenters. The van der Waals surface area contributed by atoms with E-state index < -0.39 is 0 Å². The predicted octanol–water partition coefficient (Wildman–Crippen LogP) is 4.86. The molecule has 21 heavy (non-hydrogen) atoms. The van der Waals surface area contributed by atoms with Crippen LogP contribution < -0.4 is 4.74 Å². The number of hydrogen-bond acceptors (Lipinski definition) is 3. The van der Waals surface area contributed by atoms with Crippen molar-refractivity contribution in [1.29, 1.82) is 0 Å². The van der Waals surface area contributed by atoms with Crippen LogP contribution in [0.2, 0.25) is 0 Å². The third-order valence-electron chi connectivity index (χ3n) is 2.65. The maximum Gasteiger partial charge on any atom is 0.302 e. The minimum Gasteiger partial charge on any atom is -0.461 e. The number of carbonyl (C=O) groups is 1. The van der Waals surface area contributed by atoms with E-state index in [-0.39, 0.29) is 12.6 Å². The normalized spacial score (nSPS) is 9.76. The quantitative estimate of drug-likeness (QED) is 0.587. The summed E-state index contributed by atoms with van der Waals surface area (Å²) in [5, 5.41) is 0. The molecule has 5 heteroatoms. The second-order valence-electron chi connectivity index (χ2n) is 4.24. The first-order valence-electron chi connectivity index (χ1n) is 6.15. The van der Waals surface area contributed by atoms with Gasteiger partial charge in [0.15, 0.2) is 5.69 Å². The van der Waals surface area contributed by atoms with Crippen LogP contribution >= 0.6 is 15.9 Å². The molecular formula is C16H12BrNO3. The summed E-state index contributed by atoms with van der Waals surface area (Å²) >= 11 is 3.40. The Hall–Kier alpha value is -2.32. The van der Waals surface area contributed by atoms with Gasteiger partial charge in [0.2, 0.25) is 0 Å². The molecule has 0 radical (unpaired) electrons. The van der Waals surface area contributed by atoms with Crippen molar-refractivity contribution in [2.75, 3.05) is 0 Å². The molecule has 0 aliphatic carbocycles. The Balaban J connectivity index is 2.14. The standard InChI is InChI=1S/C16H12BrNO3/c1-11(19)20-10-12-9-15(7-8-16(12)17)21-14-5-3-13(18-2)4-6-14/h3-9H,10H2,1H3.